The van der Waals surface area contributed by atoms with Crippen LogP contribution in [0.1, 0.15) is 27.2 Å². The van der Waals surface area contributed by atoms with Crippen molar-refractivity contribution in [3.8, 4) is 0 Å². The first-order chi connectivity index (χ1) is 9.13. The Morgan fingerprint density at radius 1 is 1.26 bits per heavy atom. The van der Waals surface area contributed by atoms with Crippen LogP contribution in [0.2, 0.25) is 0 Å². The molecule has 0 spiro atoms. The second-order valence-corrected chi connectivity index (χ2v) is 4.52. The molecule has 4 nitrogen and oxygen atoms in total. The standard InChI is InChI=1S/C15H18N2O2/c1-11-14(7-8-19-11)15(18)17(2)10-13-6-4-3-5-12(13)9-16/h3-8H,9-10,16H2,1-2H3. The SMILES string of the molecule is Cc1occc1C(=O)N(C)Cc1ccccc1CN. The van der Waals surface area contributed by atoms with Crippen molar-refractivity contribution in [2.75, 3.05) is 7.05 Å². The molecule has 0 atom stereocenters. The average molecular weight is 258 g/mol. The molecule has 0 aliphatic heterocycles. The molecular weight excluding hydrogens is 240 g/mol. The number of nitrogens with zero attached hydrogens (tertiary/aromatic N) is 1. The second-order valence-electron chi connectivity index (χ2n) is 4.52. The van der Waals surface area contributed by atoms with Crippen molar-refractivity contribution in [3.63, 3.8) is 0 Å². The first-order valence-electron chi connectivity index (χ1n) is 6.20. The molecule has 0 aliphatic carbocycles. The van der Waals surface area contributed by atoms with E-state index in [2.05, 4.69) is 0 Å². The number of carbonyl (C=O) groups excluding carboxylic acids is 1. The lowest BCUT2D eigenvalue weighted by Gasteiger charge is -2.18. The van der Waals surface area contributed by atoms with Crippen LogP contribution < -0.4 is 5.73 Å². The smallest absolute Gasteiger partial charge is 0.257 e. The second kappa shape index (κ2) is 5.71. The molecule has 0 radical (unpaired) electrons. The molecule has 2 aromatic rings. The molecule has 0 unspecified atom stereocenters. The van der Waals surface area contributed by atoms with Gasteiger partial charge in [-0.05, 0) is 24.1 Å². The summed E-state index contributed by atoms with van der Waals surface area (Å²) < 4.78 is 5.16. The molecule has 0 bridgehead atoms. The molecule has 1 amide bonds. The average Bonchev–Trinajstić information content (AvgIpc) is 2.84. The van der Waals surface area contributed by atoms with Crippen LogP contribution in [0.15, 0.2) is 41.0 Å². The molecule has 1 aromatic carbocycles. The normalized spacial score (nSPS) is 10.5. The van der Waals surface area contributed by atoms with E-state index in [1.165, 1.54) is 6.26 Å². The van der Waals surface area contributed by atoms with E-state index in [1.807, 2.05) is 24.3 Å². The number of hydrogen-bond donors (Lipinski definition) is 1. The topological polar surface area (TPSA) is 59.5 Å². The van der Waals surface area contributed by atoms with Gasteiger partial charge in [-0.25, -0.2) is 0 Å². The maximum atomic E-state index is 12.3. The van der Waals surface area contributed by atoms with Gasteiger partial charge < -0.3 is 15.1 Å². The molecule has 0 aliphatic rings. The van der Waals surface area contributed by atoms with Gasteiger partial charge in [0.05, 0.1) is 11.8 Å². The molecule has 0 saturated heterocycles. The van der Waals surface area contributed by atoms with Crippen molar-refractivity contribution in [1.82, 2.24) is 4.90 Å². The highest BCUT2D eigenvalue weighted by molar-refractivity contribution is 5.94. The lowest BCUT2D eigenvalue weighted by atomic mass is 10.1. The minimum absolute atomic E-state index is 0.0434. The van der Waals surface area contributed by atoms with Gasteiger partial charge in [-0.3, -0.25) is 4.79 Å². The number of amides is 1. The Morgan fingerprint density at radius 2 is 1.95 bits per heavy atom. The van der Waals surface area contributed by atoms with Gasteiger partial charge in [0.2, 0.25) is 0 Å². The molecule has 4 heteroatoms. The van der Waals surface area contributed by atoms with Crippen LogP contribution in [0.4, 0.5) is 0 Å². The first kappa shape index (κ1) is 13.4. The zero-order valence-corrected chi connectivity index (χ0v) is 11.2. The van der Waals surface area contributed by atoms with E-state index < -0.39 is 0 Å². The summed E-state index contributed by atoms with van der Waals surface area (Å²) in [6.07, 6.45) is 1.53. The number of rotatable bonds is 4. The van der Waals surface area contributed by atoms with Gasteiger partial charge in [-0.1, -0.05) is 24.3 Å². The highest BCUT2D eigenvalue weighted by Gasteiger charge is 2.16. The van der Waals surface area contributed by atoms with Crippen LogP contribution in [-0.2, 0) is 13.1 Å². The van der Waals surface area contributed by atoms with E-state index >= 15 is 0 Å². The van der Waals surface area contributed by atoms with E-state index in [-0.39, 0.29) is 5.91 Å². The van der Waals surface area contributed by atoms with E-state index in [1.54, 1.807) is 24.9 Å². The summed E-state index contributed by atoms with van der Waals surface area (Å²) in [7, 11) is 1.78. The summed E-state index contributed by atoms with van der Waals surface area (Å²) in [5.74, 6) is 0.599. The van der Waals surface area contributed by atoms with E-state index in [4.69, 9.17) is 10.2 Å². The number of benzene rings is 1. The maximum Gasteiger partial charge on any atom is 0.257 e. The highest BCUT2D eigenvalue weighted by atomic mass is 16.3. The van der Waals surface area contributed by atoms with Crippen molar-refractivity contribution < 1.29 is 9.21 Å². The van der Waals surface area contributed by atoms with Crippen LogP contribution >= 0.6 is 0 Å². The maximum absolute atomic E-state index is 12.3. The number of aryl methyl sites for hydroxylation is 1. The summed E-state index contributed by atoms with van der Waals surface area (Å²) in [6, 6.07) is 9.58. The van der Waals surface area contributed by atoms with Crippen LogP contribution in [0.25, 0.3) is 0 Å². The molecule has 2 N–H and O–H groups in total. The number of furan rings is 1. The predicted octanol–water partition coefficient (Wildman–Crippen LogP) is 2.32. The lowest BCUT2D eigenvalue weighted by molar-refractivity contribution is 0.0783. The monoisotopic (exact) mass is 258 g/mol. The number of hydrogen-bond acceptors (Lipinski definition) is 3. The zero-order chi connectivity index (χ0) is 13.8. The Bertz CT molecular complexity index is 575. The fraction of sp³-hybridized carbons (Fsp3) is 0.267. The summed E-state index contributed by atoms with van der Waals surface area (Å²) in [6.45, 7) is 2.80. The largest absolute Gasteiger partial charge is 0.469 e. The van der Waals surface area contributed by atoms with Crippen molar-refractivity contribution in [3.05, 3.63) is 59.0 Å². The Morgan fingerprint density at radius 3 is 2.53 bits per heavy atom. The van der Waals surface area contributed by atoms with Crippen LogP contribution in [-0.4, -0.2) is 17.9 Å². The van der Waals surface area contributed by atoms with E-state index in [0.717, 1.165) is 11.1 Å². The minimum atomic E-state index is -0.0434. The van der Waals surface area contributed by atoms with Gasteiger partial charge in [-0.2, -0.15) is 0 Å². The number of nitrogens with two attached hydrogens (primary N) is 1. The molecule has 100 valence electrons. The van der Waals surface area contributed by atoms with Gasteiger partial charge in [0.1, 0.15) is 5.76 Å². The van der Waals surface area contributed by atoms with Crippen molar-refractivity contribution in [1.29, 1.82) is 0 Å². The molecule has 1 aromatic heterocycles. The van der Waals surface area contributed by atoms with E-state index in [9.17, 15) is 4.79 Å². The lowest BCUT2D eigenvalue weighted by Crippen LogP contribution is -2.27. The van der Waals surface area contributed by atoms with Crippen molar-refractivity contribution in [2.45, 2.75) is 20.0 Å². The molecule has 1 heterocycles. The van der Waals surface area contributed by atoms with Crippen LogP contribution in [0, 0.1) is 6.92 Å². The van der Waals surface area contributed by atoms with Crippen LogP contribution in [0.3, 0.4) is 0 Å². The zero-order valence-electron chi connectivity index (χ0n) is 11.2. The summed E-state index contributed by atoms with van der Waals surface area (Å²) >= 11 is 0. The van der Waals surface area contributed by atoms with Crippen molar-refractivity contribution >= 4 is 5.91 Å². The number of carbonyl (C=O) groups is 1. The molecule has 0 saturated carbocycles. The fourth-order valence-corrected chi connectivity index (χ4v) is 2.05. The van der Waals surface area contributed by atoms with Crippen molar-refractivity contribution in [2.24, 2.45) is 5.73 Å². The summed E-state index contributed by atoms with van der Waals surface area (Å²) in [5, 5.41) is 0. The predicted molar refractivity (Wildman–Crippen MR) is 73.6 cm³/mol. The Balaban J connectivity index is 2.15. The Hall–Kier alpha value is -2.07. The Kier molecular flexibility index (Phi) is 4.02. The summed E-state index contributed by atoms with van der Waals surface area (Å²) in [5.41, 5.74) is 8.44. The highest BCUT2D eigenvalue weighted by Crippen LogP contribution is 2.15. The molecule has 2 rings (SSSR count). The van der Waals surface area contributed by atoms with Crippen LogP contribution in [0.5, 0.6) is 0 Å². The molecular formula is C15H18N2O2. The van der Waals surface area contributed by atoms with Gasteiger partial charge >= 0.3 is 0 Å². The first-order valence-corrected chi connectivity index (χ1v) is 6.20. The third kappa shape index (κ3) is 2.85. The van der Waals surface area contributed by atoms with Gasteiger partial charge in [0.15, 0.2) is 0 Å². The summed E-state index contributed by atoms with van der Waals surface area (Å²) in [4.78, 5) is 13.9. The molecule has 19 heavy (non-hydrogen) atoms. The van der Waals surface area contributed by atoms with Gasteiger partial charge in [0.25, 0.3) is 5.91 Å². The Labute approximate surface area is 112 Å². The minimum Gasteiger partial charge on any atom is -0.469 e. The van der Waals surface area contributed by atoms with Gasteiger partial charge in [0, 0.05) is 20.1 Å². The molecule has 0 fully saturated rings. The quantitative estimate of drug-likeness (QED) is 0.915. The third-order valence-corrected chi connectivity index (χ3v) is 3.18. The third-order valence-electron chi connectivity index (χ3n) is 3.18. The van der Waals surface area contributed by atoms with Gasteiger partial charge in [-0.15, -0.1) is 0 Å². The fourth-order valence-electron chi connectivity index (χ4n) is 2.05. The van der Waals surface area contributed by atoms with E-state index in [0.29, 0.717) is 24.4 Å².